The monoisotopic (exact) mass is 358 g/mol. The Hall–Kier alpha value is -2.11. The van der Waals surface area contributed by atoms with Crippen LogP contribution in [0.3, 0.4) is 0 Å². The molecule has 2 aliphatic rings. The number of hydrogen-bond acceptors (Lipinski definition) is 4. The summed E-state index contributed by atoms with van der Waals surface area (Å²) in [5.74, 6) is -0.795. The van der Waals surface area contributed by atoms with Gasteiger partial charge in [0.25, 0.3) is 0 Å². The van der Waals surface area contributed by atoms with Gasteiger partial charge >= 0.3 is 5.97 Å². The molecule has 0 spiro atoms. The SMILES string of the molecule is C=C1CC[C@H]2[C@H](OC)O[C@H](c3ccoc3)C[C@]2(C)CC=CC=C1C(=O)O. The smallest absolute Gasteiger partial charge is 0.335 e. The standard InChI is InChI=1S/C21H26O5/c1-14-7-8-17-20(24-3)26-18(15-9-11-25-13-15)12-21(17,2)10-5-4-6-16(14)19(22)23/h4-6,9,11,13,17-18,20H,1,7-8,10,12H2,2-3H3,(H,22,23)/t17-,18-,20+,21-/m0/s1. The Bertz CT molecular complexity index is 715. The van der Waals surface area contributed by atoms with E-state index in [-0.39, 0.29) is 29.3 Å². The van der Waals surface area contributed by atoms with Crippen LogP contribution in [0.2, 0.25) is 0 Å². The maximum Gasteiger partial charge on any atom is 0.335 e. The van der Waals surface area contributed by atoms with Crippen LogP contribution in [0.5, 0.6) is 0 Å². The third kappa shape index (κ3) is 3.69. The molecule has 4 atom stereocenters. The second-order valence-electron chi connectivity index (χ2n) is 7.41. The summed E-state index contributed by atoms with van der Waals surface area (Å²) >= 11 is 0. The second kappa shape index (κ2) is 7.64. The van der Waals surface area contributed by atoms with Crippen LogP contribution in [0.4, 0.5) is 0 Å². The Labute approximate surface area is 154 Å². The minimum absolute atomic E-state index is 0.0355. The Balaban J connectivity index is 1.91. The molecule has 1 aliphatic heterocycles. The fourth-order valence-corrected chi connectivity index (χ4v) is 4.11. The van der Waals surface area contributed by atoms with Gasteiger partial charge in [-0.1, -0.05) is 25.7 Å². The highest BCUT2D eigenvalue weighted by molar-refractivity contribution is 5.91. The normalized spacial score (nSPS) is 32.6. The molecule has 2 heterocycles. The van der Waals surface area contributed by atoms with Crippen molar-refractivity contribution < 1.29 is 23.8 Å². The van der Waals surface area contributed by atoms with Gasteiger partial charge in [-0.3, -0.25) is 0 Å². The summed E-state index contributed by atoms with van der Waals surface area (Å²) in [7, 11) is 1.66. The molecule has 1 N–H and O–H groups in total. The first-order valence-corrected chi connectivity index (χ1v) is 8.93. The average Bonchev–Trinajstić information content (AvgIpc) is 3.13. The zero-order valence-electron chi connectivity index (χ0n) is 15.3. The number of carboxylic acid groups (broad SMARTS) is 1. The molecule has 140 valence electrons. The molecule has 26 heavy (non-hydrogen) atoms. The molecular weight excluding hydrogens is 332 g/mol. The molecule has 0 radical (unpaired) electrons. The predicted octanol–water partition coefficient (Wildman–Crippen LogP) is 4.64. The molecule has 1 saturated heterocycles. The Kier molecular flexibility index (Phi) is 5.49. The number of ether oxygens (including phenoxy) is 2. The first kappa shape index (κ1) is 18.7. The highest BCUT2D eigenvalue weighted by atomic mass is 16.7. The molecule has 0 saturated carbocycles. The highest BCUT2D eigenvalue weighted by Crippen LogP contribution is 2.51. The number of carboxylic acids is 1. The van der Waals surface area contributed by atoms with Gasteiger partial charge in [0, 0.05) is 18.6 Å². The first-order valence-electron chi connectivity index (χ1n) is 8.93. The van der Waals surface area contributed by atoms with E-state index < -0.39 is 5.97 Å². The Morgan fingerprint density at radius 3 is 2.92 bits per heavy atom. The number of methoxy groups -OCH3 is 1. The van der Waals surface area contributed by atoms with E-state index in [0.29, 0.717) is 12.0 Å². The minimum atomic E-state index is -0.939. The predicted molar refractivity (Wildman–Crippen MR) is 97.4 cm³/mol. The van der Waals surface area contributed by atoms with Gasteiger partial charge in [0.1, 0.15) is 0 Å². The molecule has 1 aromatic heterocycles. The van der Waals surface area contributed by atoms with Crippen molar-refractivity contribution in [1.82, 2.24) is 0 Å². The van der Waals surface area contributed by atoms with E-state index in [4.69, 9.17) is 13.9 Å². The van der Waals surface area contributed by atoms with Crippen LogP contribution in [0.25, 0.3) is 0 Å². The van der Waals surface area contributed by atoms with Crippen molar-refractivity contribution in [2.45, 2.75) is 45.0 Å². The van der Waals surface area contributed by atoms with Crippen LogP contribution < -0.4 is 0 Å². The van der Waals surface area contributed by atoms with E-state index in [9.17, 15) is 9.90 Å². The molecule has 5 nitrogen and oxygen atoms in total. The topological polar surface area (TPSA) is 68.9 Å². The van der Waals surface area contributed by atoms with E-state index in [1.807, 2.05) is 18.2 Å². The van der Waals surface area contributed by atoms with Gasteiger partial charge in [0.15, 0.2) is 6.29 Å². The third-order valence-electron chi connectivity index (χ3n) is 5.67. The van der Waals surface area contributed by atoms with Crippen molar-refractivity contribution in [2.24, 2.45) is 11.3 Å². The van der Waals surface area contributed by atoms with Crippen molar-refractivity contribution in [3.05, 3.63) is 60.1 Å². The quantitative estimate of drug-likeness (QED) is 0.852. The number of aliphatic carboxylic acids is 1. The van der Waals surface area contributed by atoms with Gasteiger partial charge < -0.3 is 19.0 Å². The van der Waals surface area contributed by atoms with Crippen molar-refractivity contribution >= 4 is 5.97 Å². The van der Waals surface area contributed by atoms with Crippen LogP contribution in [0.1, 0.15) is 44.3 Å². The molecule has 0 unspecified atom stereocenters. The van der Waals surface area contributed by atoms with Gasteiger partial charge in [-0.25, -0.2) is 4.79 Å². The highest BCUT2D eigenvalue weighted by Gasteiger charge is 2.46. The molecule has 3 rings (SSSR count). The summed E-state index contributed by atoms with van der Waals surface area (Å²) < 4.78 is 17.1. The lowest BCUT2D eigenvalue weighted by Crippen LogP contribution is -2.45. The van der Waals surface area contributed by atoms with E-state index in [2.05, 4.69) is 13.5 Å². The van der Waals surface area contributed by atoms with Crippen LogP contribution in [-0.2, 0) is 14.3 Å². The summed E-state index contributed by atoms with van der Waals surface area (Å²) in [4.78, 5) is 11.4. The third-order valence-corrected chi connectivity index (χ3v) is 5.67. The number of furan rings is 1. The number of allylic oxidation sites excluding steroid dienone is 3. The zero-order valence-corrected chi connectivity index (χ0v) is 15.3. The number of fused-ring (bicyclic) bond motifs is 1. The lowest BCUT2D eigenvalue weighted by atomic mass is 9.66. The van der Waals surface area contributed by atoms with Crippen molar-refractivity contribution in [2.75, 3.05) is 7.11 Å². The molecule has 0 bridgehead atoms. The van der Waals surface area contributed by atoms with Gasteiger partial charge in [0.05, 0.1) is 24.2 Å². The molecule has 1 aliphatic carbocycles. The van der Waals surface area contributed by atoms with Gasteiger partial charge in [-0.2, -0.15) is 0 Å². The summed E-state index contributed by atoms with van der Waals surface area (Å²) in [5.41, 5.74) is 1.89. The molecule has 1 aromatic rings. The van der Waals surface area contributed by atoms with Crippen molar-refractivity contribution in [3.8, 4) is 0 Å². The van der Waals surface area contributed by atoms with Gasteiger partial charge in [-0.05, 0) is 48.8 Å². The molecule has 1 fully saturated rings. The average molecular weight is 358 g/mol. The lowest BCUT2D eigenvalue weighted by molar-refractivity contribution is -0.249. The molecule has 5 heteroatoms. The van der Waals surface area contributed by atoms with Crippen LogP contribution >= 0.6 is 0 Å². The minimum Gasteiger partial charge on any atom is -0.478 e. The summed E-state index contributed by atoms with van der Waals surface area (Å²) in [6, 6.07) is 1.93. The van der Waals surface area contributed by atoms with E-state index in [1.54, 1.807) is 25.7 Å². The van der Waals surface area contributed by atoms with Crippen LogP contribution in [-0.4, -0.2) is 24.5 Å². The largest absolute Gasteiger partial charge is 0.478 e. The van der Waals surface area contributed by atoms with E-state index in [0.717, 1.165) is 24.8 Å². The number of rotatable bonds is 3. The first-order chi connectivity index (χ1) is 12.4. The second-order valence-corrected chi connectivity index (χ2v) is 7.41. The van der Waals surface area contributed by atoms with Gasteiger partial charge in [-0.15, -0.1) is 0 Å². The Morgan fingerprint density at radius 1 is 1.46 bits per heavy atom. The van der Waals surface area contributed by atoms with Gasteiger partial charge in [0.2, 0.25) is 0 Å². The maximum absolute atomic E-state index is 11.4. The Morgan fingerprint density at radius 2 is 2.27 bits per heavy atom. The summed E-state index contributed by atoms with van der Waals surface area (Å²) in [6.07, 6.45) is 11.5. The fraction of sp³-hybridized carbons (Fsp3) is 0.476. The van der Waals surface area contributed by atoms with Crippen LogP contribution in [0.15, 0.2) is 59.0 Å². The number of hydrogen-bond donors (Lipinski definition) is 1. The van der Waals surface area contributed by atoms with Crippen molar-refractivity contribution in [1.29, 1.82) is 0 Å². The van der Waals surface area contributed by atoms with E-state index >= 15 is 0 Å². The zero-order chi connectivity index (χ0) is 18.7. The lowest BCUT2D eigenvalue weighted by Gasteiger charge is -2.48. The summed E-state index contributed by atoms with van der Waals surface area (Å²) in [6.45, 7) is 6.24. The maximum atomic E-state index is 11.4. The number of carbonyl (C=O) groups is 1. The molecule has 0 aromatic carbocycles. The summed E-state index contributed by atoms with van der Waals surface area (Å²) in [5, 5.41) is 9.39. The van der Waals surface area contributed by atoms with E-state index in [1.165, 1.54) is 0 Å². The molecule has 0 amide bonds. The van der Waals surface area contributed by atoms with Crippen LogP contribution in [0, 0.1) is 11.3 Å². The fourth-order valence-electron chi connectivity index (χ4n) is 4.11. The van der Waals surface area contributed by atoms with Crippen molar-refractivity contribution in [3.63, 3.8) is 0 Å². The molecular formula is C21H26O5.